The van der Waals surface area contributed by atoms with Gasteiger partial charge < -0.3 is 9.47 Å². The summed E-state index contributed by atoms with van der Waals surface area (Å²) >= 11 is 0. The standard InChI is InChI=1S/C18H26O4/c1-11-6-7-17(21-5)12(2)16(20)8-15-14(11)9-18(15,4)10-22-13(3)19/h14-15,17H,1-2,6-10H2,3-5H3/t14-,15?,17+,18-/m1/s1. The number of hydrogen-bond donors (Lipinski definition) is 0. The number of fused-ring (bicyclic) bond motifs is 1. The quantitative estimate of drug-likeness (QED) is 0.457. The number of carbonyl (C=O) groups excluding carboxylic acids is 2. The summed E-state index contributed by atoms with van der Waals surface area (Å²) in [6.45, 7) is 12.0. The third-order valence-corrected chi connectivity index (χ3v) is 5.36. The molecule has 2 aliphatic rings. The lowest BCUT2D eigenvalue weighted by atomic mass is 9.51. The smallest absolute Gasteiger partial charge is 0.302 e. The molecule has 0 radical (unpaired) electrons. The van der Waals surface area contributed by atoms with Crippen LogP contribution in [0.2, 0.25) is 0 Å². The van der Waals surface area contributed by atoms with E-state index in [1.165, 1.54) is 12.5 Å². The molecule has 4 heteroatoms. The Kier molecular flexibility index (Phi) is 4.90. The number of allylic oxidation sites excluding steroid dienone is 1. The maximum absolute atomic E-state index is 12.5. The summed E-state index contributed by atoms with van der Waals surface area (Å²) in [5.41, 5.74) is 1.58. The average molecular weight is 306 g/mol. The zero-order chi connectivity index (χ0) is 16.5. The van der Waals surface area contributed by atoms with E-state index in [0.717, 1.165) is 19.3 Å². The first-order valence-electron chi connectivity index (χ1n) is 7.84. The number of ketones is 1. The second-order valence-electron chi connectivity index (χ2n) is 6.93. The highest BCUT2D eigenvalue weighted by atomic mass is 16.5. The van der Waals surface area contributed by atoms with Gasteiger partial charge in [-0.1, -0.05) is 25.7 Å². The minimum atomic E-state index is -0.276. The third-order valence-electron chi connectivity index (χ3n) is 5.36. The van der Waals surface area contributed by atoms with Crippen molar-refractivity contribution in [3.05, 3.63) is 24.3 Å². The first-order valence-corrected chi connectivity index (χ1v) is 7.84. The Hall–Kier alpha value is -1.42. The van der Waals surface area contributed by atoms with Crippen molar-refractivity contribution in [2.24, 2.45) is 17.3 Å². The molecule has 0 aliphatic heterocycles. The molecular formula is C18H26O4. The van der Waals surface area contributed by atoms with Gasteiger partial charge in [-0.3, -0.25) is 9.59 Å². The lowest BCUT2D eigenvalue weighted by Gasteiger charge is -2.53. The minimum Gasteiger partial charge on any atom is -0.465 e. The summed E-state index contributed by atoms with van der Waals surface area (Å²) in [7, 11) is 1.61. The van der Waals surface area contributed by atoms with E-state index in [-0.39, 0.29) is 29.2 Å². The van der Waals surface area contributed by atoms with Gasteiger partial charge in [0.15, 0.2) is 5.78 Å². The number of Topliss-reactive ketones (excluding diaryl/α,β-unsaturated/α-hetero) is 1. The molecule has 0 heterocycles. The summed E-state index contributed by atoms with van der Waals surface area (Å²) in [4.78, 5) is 23.6. The van der Waals surface area contributed by atoms with Gasteiger partial charge in [-0.2, -0.15) is 0 Å². The van der Waals surface area contributed by atoms with Gasteiger partial charge in [-0.15, -0.1) is 0 Å². The molecule has 0 spiro atoms. The van der Waals surface area contributed by atoms with Crippen LogP contribution in [-0.4, -0.2) is 31.6 Å². The molecule has 2 aliphatic carbocycles. The van der Waals surface area contributed by atoms with Crippen molar-refractivity contribution in [1.82, 2.24) is 0 Å². The topological polar surface area (TPSA) is 52.6 Å². The van der Waals surface area contributed by atoms with Gasteiger partial charge in [0.1, 0.15) is 0 Å². The number of methoxy groups -OCH3 is 1. The summed E-state index contributed by atoms with van der Waals surface area (Å²) in [6, 6.07) is 0. The molecule has 4 atom stereocenters. The van der Waals surface area contributed by atoms with Gasteiger partial charge >= 0.3 is 5.97 Å². The molecule has 0 saturated heterocycles. The second-order valence-corrected chi connectivity index (χ2v) is 6.93. The molecule has 22 heavy (non-hydrogen) atoms. The molecule has 2 rings (SSSR count). The lowest BCUT2D eigenvalue weighted by molar-refractivity contribution is -0.153. The van der Waals surface area contributed by atoms with Crippen molar-refractivity contribution in [3.8, 4) is 0 Å². The van der Waals surface area contributed by atoms with Gasteiger partial charge in [0, 0.05) is 31.4 Å². The van der Waals surface area contributed by atoms with Gasteiger partial charge in [0.05, 0.1) is 12.7 Å². The molecule has 4 nitrogen and oxygen atoms in total. The predicted octanol–water partition coefficient (Wildman–Crippen LogP) is 3.07. The van der Waals surface area contributed by atoms with Crippen LogP contribution >= 0.6 is 0 Å². The van der Waals surface area contributed by atoms with Crippen molar-refractivity contribution >= 4 is 11.8 Å². The summed E-state index contributed by atoms with van der Waals surface area (Å²) in [5.74, 6) is 0.277. The largest absolute Gasteiger partial charge is 0.465 e. The molecule has 2 saturated carbocycles. The van der Waals surface area contributed by atoms with Gasteiger partial charge in [-0.05, 0) is 31.1 Å². The van der Waals surface area contributed by atoms with E-state index in [2.05, 4.69) is 20.1 Å². The molecule has 0 aromatic rings. The van der Waals surface area contributed by atoms with Crippen LogP contribution in [0.1, 0.15) is 39.5 Å². The predicted molar refractivity (Wildman–Crippen MR) is 84.3 cm³/mol. The first-order chi connectivity index (χ1) is 10.3. The van der Waals surface area contributed by atoms with E-state index in [4.69, 9.17) is 9.47 Å². The molecule has 0 amide bonds. The van der Waals surface area contributed by atoms with Gasteiger partial charge in [0.2, 0.25) is 0 Å². The Morgan fingerprint density at radius 2 is 2.09 bits per heavy atom. The first kappa shape index (κ1) is 16.9. The highest BCUT2D eigenvalue weighted by Crippen LogP contribution is 2.56. The highest BCUT2D eigenvalue weighted by molar-refractivity contribution is 5.96. The van der Waals surface area contributed by atoms with Crippen molar-refractivity contribution < 1.29 is 19.1 Å². The zero-order valence-corrected chi connectivity index (χ0v) is 13.8. The van der Waals surface area contributed by atoms with Crippen LogP contribution in [0.5, 0.6) is 0 Å². The van der Waals surface area contributed by atoms with Crippen LogP contribution in [0.25, 0.3) is 0 Å². The fourth-order valence-electron chi connectivity index (χ4n) is 3.82. The summed E-state index contributed by atoms with van der Waals surface area (Å²) < 4.78 is 10.6. The summed E-state index contributed by atoms with van der Waals surface area (Å²) in [5, 5.41) is 0. The summed E-state index contributed by atoms with van der Waals surface area (Å²) in [6.07, 6.45) is 2.72. The Bertz CT molecular complexity index is 507. The van der Waals surface area contributed by atoms with Crippen molar-refractivity contribution in [2.75, 3.05) is 13.7 Å². The van der Waals surface area contributed by atoms with Crippen LogP contribution in [0.4, 0.5) is 0 Å². The fraction of sp³-hybridized carbons (Fsp3) is 0.667. The SMILES string of the molecule is C=C1C(=O)CC2[C@H](C[C@]2(C)COC(C)=O)C(=C)CC[C@@H]1OC. The monoisotopic (exact) mass is 306 g/mol. The maximum Gasteiger partial charge on any atom is 0.302 e. The molecule has 0 aromatic heterocycles. The van der Waals surface area contributed by atoms with Crippen molar-refractivity contribution in [2.45, 2.75) is 45.6 Å². The number of rotatable bonds is 3. The van der Waals surface area contributed by atoms with Crippen molar-refractivity contribution in [1.29, 1.82) is 0 Å². The normalized spacial score (nSPS) is 35.8. The molecule has 0 N–H and O–H groups in total. The van der Waals surface area contributed by atoms with E-state index in [9.17, 15) is 9.59 Å². The third kappa shape index (κ3) is 3.17. The lowest BCUT2D eigenvalue weighted by Crippen LogP contribution is -2.50. The van der Waals surface area contributed by atoms with Crippen LogP contribution in [-0.2, 0) is 19.1 Å². The van der Waals surface area contributed by atoms with Crippen LogP contribution in [0.3, 0.4) is 0 Å². The Morgan fingerprint density at radius 3 is 2.68 bits per heavy atom. The maximum atomic E-state index is 12.5. The minimum absolute atomic E-state index is 0.0605. The fourth-order valence-corrected chi connectivity index (χ4v) is 3.82. The van der Waals surface area contributed by atoms with Crippen LogP contribution in [0, 0.1) is 17.3 Å². The number of ether oxygens (including phenoxy) is 2. The van der Waals surface area contributed by atoms with Gasteiger partial charge in [0.25, 0.3) is 0 Å². The Morgan fingerprint density at radius 1 is 1.41 bits per heavy atom. The Labute approximate surface area is 132 Å². The number of hydrogen-bond acceptors (Lipinski definition) is 4. The van der Waals surface area contributed by atoms with E-state index < -0.39 is 0 Å². The van der Waals surface area contributed by atoms with E-state index >= 15 is 0 Å². The molecule has 122 valence electrons. The van der Waals surface area contributed by atoms with E-state index in [1.54, 1.807) is 7.11 Å². The molecule has 1 unspecified atom stereocenters. The average Bonchev–Trinajstić information content (AvgIpc) is 2.50. The number of carbonyl (C=O) groups is 2. The molecule has 2 fully saturated rings. The van der Waals surface area contributed by atoms with E-state index in [0.29, 0.717) is 24.5 Å². The number of esters is 1. The van der Waals surface area contributed by atoms with Crippen molar-refractivity contribution in [3.63, 3.8) is 0 Å². The van der Waals surface area contributed by atoms with Gasteiger partial charge in [-0.25, -0.2) is 0 Å². The molecular weight excluding hydrogens is 280 g/mol. The highest BCUT2D eigenvalue weighted by Gasteiger charge is 2.53. The Balaban J connectivity index is 2.17. The molecule has 0 aromatic carbocycles. The zero-order valence-electron chi connectivity index (χ0n) is 13.8. The van der Waals surface area contributed by atoms with Crippen LogP contribution in [0.15, 0.2) is 24.3 Å². The molecule has 0 bridgehead atoms. The second kappa shape index (κ2) is 6.37. The van der Waals surface area contributed by atoms with Crippen LogP contribution < -0.4 is 0 Å². The van der Waals surface area contributed by atoms with E-state index in [1.807, 2.05) is 0 Å².